The van der Waals surface area contributed by atoms with E-state index in [4.69, 9.17) is 11.5 Å². The largest absolute Gasteiger partial charge is 0.399 e. The van der Waals surface area contributed by atoms with Crippen LogP contribution in [0.15, 0.2) is 12.1 Å². The van der Waals surface area contributed by atoms with Gasteiger partial charge >= 0.3 is 0 Å². The maximum Gasteiger partial charge on any atom is 0.293 e. The number of hydrogen-bond donors (Lipinski definition) is 2. The summed E-state index contributed by atoms with van der Waals surface area (Å²) < 4.78 is 0. The number of amides is 1. The number of aryl methyl sites for hydroxylation is 2. The fourth-order valence-electron chi connectivity index (χ4n) is 1.32. The zero-order valence-electron chi connectivity index (χ0n) is 8.22. The first-order valence-corrected chi connectivity index (χ1v) is 4.19. The van der Waals surface area contributed by atoms with Gasteiger partial charge < -0.3 is 11.5 Å². The Balaban J connectivity index is 3.24. The van der Waals surface area contributed by atoms with Crippen LogP contribution in [0.2, 0.25) is 0 Å². The van der Waals surface area contributed by atoms with Gasteiger partial charge in [0.2, 0.25) is 0 Å². The molecule has 0 bridgehead atoms. The Morgan fingerprint density at radius 2 is 1.79 bits per heavy atom. The molecule has 72 valence electrons. The van der Waals surface area contributed by atoms with E-state index in [-0.39, 0.29) is 0 Å². The van der Waals surface area contributed by atoms with Crippen molar-refractivity contribution < 1.29 is 4.79 Å². The first-order valence-electron chi connectivity index (χ1n) is 4.19. The van der Waals surface area contributed by atoms with Crippen molar-refractivity contribution in [2.75, 3.05) is 5.73 Å². The molecule has 1 aromatic carbocycles. The summed E-state index contributed by atoms with van der Waals surface area (Å²) in [5.74, 6) is 4.41. The lowest BCUT2D eigenvalue weighted by molar-refractivity contribution is -0.112. The van der Waals surface area contributed by atoms with Gasteiger partial charge in [-0.1, -0.05) is 5.92 Å². The van der Waals surface area contributed by atoms with Crippen LogP contribution in [0.5, 0.6) is 0 Å². The molecule has 1 amide bonds. The van der Waals surface area contributed by atoms with Crippen molar-refractivity contribution in [2.24, 2.45) is 5.73 Å². The third kappa shape index (κ3) is 2.27. The highest BCUT2D eigenvalue weighted by atomic mass is 16.1. The summed E-state index contributed by atoms with van der Waals surface area (Å²) in [7, 11) is 0. The third-order valence-corrected chi connectivity index (χ3v) is 1.87. The molecule has 0 saturated carbocycles. The molecule has 1 aromatic rings. The van der Waals surface area contributed by atoms with Crippen LogP contribution in [-0.4, -0.2) is 5.91 Å². The molecule has 0 aliphatic rings. The second kappa shape index (κ2) is 3.84. The molecule has 3 heteroatoms. The summed E-state index contributed by atoms with van der Waals surface area (Å²) >= 11 is 0. The minimum absolute atomic E-state index is 0.624. The number of carbonyl (C=O) groups is 1. The zero-order chi connectivity index (χ0) is 10.7. The standard InChI is InChI=1S/C11H12N2O/c1-7-5-9(12)6-8(2)10(7)3-4-11(13)14/h5-6H,12H2,1-2H3,(H2,13,14). The van der Waals surface area contributed by atoms with E-state index in [0.29, 0.717) is 5.69 Å². The van der Waals surface area contributed by atoms with Gasteiger partial charge in [-0.15, -0.1) is 0 Å². The van der Waals surface area contributed by atoms with Gasteiger partial charge in [0, 0.05) is 11.3 Å². The molecular formula is C11H12N2O. The van der Waals surface area contributed by atoms with E-state index in [2.05, 4.69) is 11.8 Å². The first kappa shape index (κ1) is 10.1. The molecule has 4 N–H and O–H groups in total. The summed E-state index contributed by atoms with van der Waals surface area (Å²) in [6.45, 7) is 3.79. The normalized spacial score (nSPS) is 9.00. The van der Waals surface area contributed by atoms with Crippen LogP contribution in [0, 0.1) is 25.7 Å². The first-order chi connectivity index (χ1) is 6.50. The lowest BCUT2D eigenvalue weighted by atomic mass is 10.0. The quantitative estimate of drug-likeness (QED) is 0.465. The van der Waals surface area contributed by atoms with E-state index in [1.807, 2.05) is 26.0 Å². The Labute approximate surface area is 83.1 Å². The second-order valence-electron chi connectivity index (χ2n) is 3.14. The van der Waals surface area contributed by atoms with E-state index in [1.165, 1.54) is 0 Å². The highest BCUT2D eigenvalue weighted by molar-refractivity contribution is 5.92. The van der Waals surface area contributed by atoms with Crippen LogP contribution < -0.4 is 11.5 Å². The number of rotatable bonds is 0. The number of benzene rings is 1. The molecular weight excluding hydrogens is 176 g/mol. The van der Waals surface area contributed by atoms with E-state index in [0.717, 1.165) is 16.7 Å². The molecule has 0 aromatic heterocycles. The third-order valence-electron chi connectivity index (χ3n) is 1.87. The van der Waals surface area contributed by atoms with Crippen LogP contribution in [-0.2, 0) is 4.79 Å². The predicted molar refractivity (Wildman–Crippen MR) is 56.4 cm³/mol. The van der Waals surface area contributed by atoms with Gasteiger partial charge in [-0.25, -0.2) is 0 Å². The van der Waals surface area contributed by atoms with Crippen molar-refractivity contribution in [3.63, 3.8) is 0 Å². The van der Waals surface area contributed by atoms with Crippen LogP contribution in [0.4, 0.5) is 5.69 Å². The number of anilines is 1. The minimum Gasteiger partial charge on any atom is -0.399 e. The topological polar surface area (TPSA) is 69.1 Å². The van der Waals surface area contributed by atoms with E-state index < -0.39 is 5.91 Å². The van der Waals surface area contributed by atoms with Crippen molar-refractivity contribution in [1.82, 2.24) is 0 Å². The smallest absolute Gasteiger partial charge is 0.293 e. The molecule has 0 unspecified atom stereocenters. The molecule has 0 aliphatic carbocycles. The van der Waals surface area contributed by atoms with Gasteiger partial charge in [-0.05, 0) is 43.0 Å². The molecule has 0 aliphatic heterocycles. The fraction of sp³-hybridized carbons (Fsp3) is 0.182. The molecule has 0 radical (unpaired) electrons. The van der Waals surface area contributed by atoms with E-state index >= 15 is 0 Å². The summed E-state index contributed by atoms with van der Waals surface area (Å²) in [6, 6.07) is 3.63. The number of nitrogens with two attached hydrogens (primary N) is 2. The minimum atomic E-state index is -0.624. The Morgan fingerprint density at radius 1 is 1.29 bits per heavy atom. The SMILES string of the molecule is Cc1cc(N)cc(C)c1C#CC(N)=O. The number of nitrogen functional groups attached to an aromatic ring is 1. The molecule has 0 heterocycles. The average Bonchev–Trinajstić information content (AvgIpc) is 2.01. The van der Waals surface area contributed by atoms with Crippen molar-refractivity contribution in [3.05, 3.63) is 28.8 Å². The predicted octanol–water partition coefficient (Wildman–Crippen LogP) is 0.722. The van der Waals surface area contributed by atoms with Crippen LogP contribution in [0.3, 0.4) is 0 Å². The van der Waals surface area contributed by atoms with Gasteiger partial charge in [0.05, 0.1) is 0 Å². The van der Waals surface area contributed by atoms with Gasteiger partial charge in [0.1, 0.15) is 0 Å². The molecule has 0 fully saturated rings. The van der Waals surface area contributed by atoms with Crippen molar-refractivity contribution in [2.45, 2.75) is 13.8 Å². The van der Waals surface area contributed by atoms with Crippen LogP contribution in [0.25, 0.3) is 0 Å². The Kier molecular flexibility index (Phi) is 2.78. The Hall–Kier alpha value is -1.95. The monoisotopic (exact) mass is 188 g/mol. The van der Waals surface area contributed by atoms with E-state index in [9.17, 15) is 4.79 Å². The second-order valence-corrected chi connectivity index (χ2v) is 3.14. The van der Waals surface area contributed by atoms with Crippen LogP contribution in [0.1, 0.15) is 16.7 Å². The lowest BCUT2D eigenvalue weighted by Crippen LogP contribution is -2.06. The molecule has 0 atom stereocenters. The Bertz CT molecular complexity index is 415. The summed E-state index contributed by atoms with van der Waals surface area (Å²) in [4.78, 5) is 10.5. The lowest BCUT2D eigenvalue weighted by Gasteiger charge is -2.04. The number of carbonyl (C=O) groups excluding carboxylic acids is 1. The van der Waals surface area contributed by atoms with Gasteiger partial charge in [0.15, 0.2) is 0 Å². The molecule has 0 spiro atoms. The number of hydrogen-bond acceptors (Lipinski definition) is 2. The zero-order valence-corrected chi connectivity index (χ0v) is 8.22. The van der Waals surface area contributed by atoms with Crippen molar-refractivity contribution >= 4 is 11.6 Å². The van der Waals surface area contributed by atoms with Crippen molar-refractivity contribution in [3.8, 4) is 11.8 Å². The maximum atomic E-state index is 10.5. The molecule has 0 saturated heterocycles. The molecule has 1 rings (SSSR count). The summed E-state index contributed by atoms with van der Waals surface area (Å²) in [5.41, 5.74) is 14.0. The molecule has 3 nitrogen and oxygen atoms in total. The van der Waals surface area contributed by atoms with E-state index in [1.54, 1.807) is 0 Å². The van der Waals surface area contributed by atoms with Crippen molar-refractivity contribution in [1.29, 1.82) is 0 Å². The maximum absolute atomic E-state index is 10.5. The average molecular weight is 188 g/mol. The van der Waals surface area contributed by atoms with Gasteiger partial charge in [-0.3, -0.25) is 4.79 Å². The highest BCUT2D eigenvalue weighted by Gasteiger charge is 2.00. The van der Waals surface area contributed by atoms with Gasteiger partial charge in [0.25, 0.3) is 5.91 Å². The highest BCUT2D eigenvalue weighted by Crippen LogP contribution is 2.16. The van der Waals surface area contributed by atoms with Gasteiger partial charge in [-0.2, -0.15) is 0 Å². The Morgan fingerprint density at radius 3 is 2.21 bits per heavy atom. The van der Waals surface area contributed by atoms with Crippen LogP contribution >= 0.6 is 0 Å². The summed E-state index contributed by atoms with van der Waals surface area (Å²) in [5, 5.41) is 0. The number of primary amides is 1. The molecule has 14 heavy (non-hydrogen) atoms. The fourth-order valence-corrected chi connectivity index (χ4v) is 1.32. The summed E-state index contributed by atoms with van der Waals surface area (Å²) in [6.07, 6.45) is 0.